The van der Waals surface area contributed by atoms with Gasteiger partial charge in [-0.2, -0.15) is 0 Å². The predicted molar refractivity (Wildman–Crippen MR) is 76.4 cm³/mol. The lowest BCUT2D eigenvalue weighted by Crippen LogP contribution is -2.32. The molecule has 1 heterocycles. The van der Waals surface area contributed by atoms with Crippen molar-refractivity contribution in [3.63, 3.8) is 0 Å². The SMILES string of the molecule is CNC(c1cccc(C)n1)C1CCC(C)C(C)C1. The summed E-state index contributed by atoms with van der Waals surface area (Å²) < 4.78 is 0. The van der Waals surface area contributed by atoms with E-state index >= 15 is 0 Å². The molecule has 4 unspecified atom stereocenters. The molecule has 0 aromatic carbocycles. The van der Waals surface area contributed by atoms with Gasteiger partial charge in [-0.05, 0) is 56.7 Å². The third-order valence-corrected chi connectivity index (χ3v) is 4.65. The van der Waals surface area contributed by atoms with Crippen LogP contribution in [0.5, 0.6) is 0 Å². The lowest BCUT2D eigenvalue weighted by Gasteiger charge is -2.36. The third-order valence-electron chi connectivity index (χ3n) is 4.65. The molecule has 0 bridgehead atoms. The zero-order chi connectivity index (χ0) is 13.1. The topological polar surface area (TPSA) is 24.9 Å². The van der Waals surface area contributed by atoms with Crippen molar-refractivity contribution in [2.75, 3.05) is 7.05 Å². The van der Waals surface area contributed by atoms with E-state index in [-0.39, 0.29) is 0 Å². The summed E-state index contributed by atoms with van der Waals surface area (Å²) >= 11 is 0. The fraction of sp³-hybridized carbons (Fsp3) is 0.688. The molecule has 0 spiro atoms. The second kappa shape index (κ2) is 5.83. The molecular formula is C16H26N2. The lowest BCUT2D eigenvalue weighted by molar-refractivity contribution is 0.173. The van der Waals surface area contributed by atoms with Crippen molar-refractivity contribution in [3.8, 4) is 0 Å². The summed E-state index contributed by atoms with van der Waals surface area (Å²) in [5, 5.41) is 3.49. The Morgan fingerprint density at radius 1 is 1.22 bits per heavy atom. The van der Waals surface area contributed by atoms with Crippen LogP contribution in [-0.2, 0) is 0 Å². The first-order chi connectivity index (χ1) is 8.61. The maximum Gasteiger partial charge on any atom is 0.0579 e. The van der Waals surface area contributed by atoms with Gasteiger partial charge in [0, 0.05) is 5.69 Å². The Morgan fingerprint density at radius 3 is 2.61 bits per heavy atom. The molecule has 1 aromatic rings. The van der Waals surface area contributed by atoms with Crippen LogP contribution in [-0.4, -0.2) is 12.0 Å². The molecule has 1 fully saturated rings. The van der Waals surface area contributed by atoms with Crippen LogP contribution < -0.4 is 5.32 Å². The Labute approximate surface area is 111 Å². The van der Waals surface area contributed by atoms with Crippen LogP contribution in [0.4, 0.5) is 0 Å². The number of nitrogens with zero attached hydrogens (tertiary/aromatic N) is 1. The normalized spacial score (nSPS) is 30.1. The van der Waals surface area contributed by atoms with Gasteiger partial charge in [0.2, 0.25) is 0 Å². The van der Waals surface area contributed by atoms with Gasteiger partial charge in [0.05, 0.1) is 11.7 Å². The van der Waals surface area contributed by atoms with Crippen LogP contribution >= 0.6 is 0 Å². The molecule has 0 aliphatic heterocycles. The van der Waals surface area contributed by atoms with E-state index in [4.69, 9.17) is 4.98 Å². The number of aromatic nitrogens is 1. The first-order valence-corrected chi connectivity index (χ1v) is 7.22. The van der Waals surface area contributed by atoms with Crippen LogP contribution in [0, 0.1) is 24.7 Å². The predicted octanol–water partition coefficient (Wildman–Crippen LogP) is 3.72. The molecule has 1 N–H and O–H groups in total. The fourth-order valence-electron chi connectivity index (χ4n) is 3.25. The quantitative estimate of drug-likeness (QED) is 0.879. The summed E-state index contributed by atoms with van der Waals surface area (Å²) in [6.07, 6.45) is 4.00. The Bertz CT molecular complexity index is 388. The lowest BCUT2D eigenvalue weighted by atomic mass is 9.72. The van der Waals surface area contributed by atoms with Crippen molar-refractivity contribution in [1.82, 2.24) is 10.3 Å². The Hall–Kier alpha value is -0.890. The Morgan fingerprint density at radius 2 is 2.00 bits per heavy atom. The molecule has 2 nitrogen and oxygen atoms in total. The largest absolute Gasteiger partial charge is 0.311 e. The molecule has 1 aliphatic carbocycles. The average molecular weight is 246 g/mol. The highest BCUT2D eigenvalue weighted by Crippen LogP contribution is 2.39. The van der Waals surface area contributed by atoms with Gasteiger partial charge in [-0.25, -0.2) is 0 Å². The van der Waals surface area contributed by atoms with E-state index in [9.17, 15) is 0 Å². The molecular weight excluding hydrogens is 220 g/mol. The van der Waals surface area contributed by atoms with E-state index in [1.807, 2.05) is 0 Å². The van der Waals surface area contributed by atoms with Crippen molar-refractivity contribution in [1.29, 1.82) is 0 Å². The van der Waals surface area contributed by atoms with Gasteiger partial charge in [-0.3, -0.25) is 4.98 Å². The highest BCUT2D eigenvalue weighted by molar-refractivity contribution is 5.14. The highest BCUT2D eigenvalue weighted by Gasteiger charge is 2.30. The van der Waals surface area contributed by atoms with Gasteiger partial charge in [-0.1, -0.05) is 26.3 Å². The van der Waals surface area contributed by atoms with Gasteiger partial charge >= 0.3 is 0 Å². The van der Waals surface area contributed by atoms with E-state index < -0.39 is 0 Å². The summed E-state index contributed by atoms with van der Waals surface area (Å²) in [5.41, 5.74) is 2.33. The summed E-state index contributed by atoms with van der Waals surface area (Å²) in [7, 11) is 2.07. The maximum atomic E-state index is 4.70. The second-order valence-electron chi connectivity index (χ2n) is 6.00. The number of aryl methyl sites for hydroxylation is 1. The van der Waals surface area contributed by atoms with Crippen molar-refractivity contribution in [3.05, 3.63) is 29.6 Å². The minimum atomic E-state index is 0.417. The maximum absolute atomic E-state index is 4.70. The fourth-order valence-corrected chi connectivity index (χ4v) is 3.25. The summed E-state index contributed by atoms with van der Waals surface area (Å²) in [5.74, 6) is 2.45. The molecule has 2 rings (SSSR count). The Balaban J connectivity index is 2.14. The van der Waals surface area contributed by atoms with Gasteiger partial charge in [0.25, 0.3) is 0 Å². The van der Waals surface area contributed by atoms with E-state index in [1.165, 1.54) is 25.0 Å². The average Bonchev–Trinajstić information content (AvgIpc) is 2.35. The van der Waals surface area contributed by atoms with Crippen molar-refractivity contribution in [2.45, 2.75) is 46.1 Å². The van der Waals surface area contributed by atoms with E-state index in [0.717, 1.165) is 23.4 Å². The molecule has 100 valence electrons. The molecule has 4 atom stereocenters. The van der Waals surface area contributed by atoms with E-state index in [0.29, 0.717) is 6.04 Å². The standard InChI is InChI=1S/C16H26N2/c1-11-8-9-14(10-12(11)2)16(17-4)15-7-5-6-13(3)18-15/h5-7,11-12,14,16-17H,8-10H2,1-4H3. The molecule has 0 amide bonds. The second-order valence-corrected chi connectivity index (χ2v) is 6.00. The van der Waals surface area contributed by atoms with E-state index in [2.05, 4.69) is 51.3 Å². The zero-order valence-electron chi connectivity index (χ0n) is 12.1. The van der Waals surface area contributed by atoms with Crippen LogP contribution in [0.2, 0.25) is 0 Å². The first-order valence-electron chi connectivity index (χ1n) is 7.22. The van der Waals surface area contributed by atoms with Crippen LogP contribution in [0.25, 0.3) is 0 Å². The van der Waals surface area contributed by atoms with Gasteiger partial charge in [-0.15, -0.1) is 0 Å². The zero-order valence-corrected chi connectivity index (χ0v) is 12.1. The summed E-state index contributed by atoms with van der Waals surface area (Å²) in [4.78, 5) is 4.70. The number of hydrogen-bond donors (Lipinski definition) is 1. The van der Waals surface area contributed by atoms with Crippen molar-refractivity contribution < 1.29 is 0 Å². The smallest absolute Gasteiger partial charge is 0.0579 e. The summed E-state index contributed by atoms with van der Waals surface area (Å²) in [6, 6.07) is 6.77. The number of nitrogens with one attached hydrogen (secondary N) is 1. The number of rotatable bonds is 3. The Kier molecular flexibility index (Phi) is 4.39. The molecule has 0 radical (unpaired) electrons. The minimum absolute atomic E-state index is 0.417. The van der Waals surface area contributed by atoms with Gasteiger partial charge in [0.1, 0.15) is 0 Å². The van der Waals surface area contributed by atoms with Crippen LogP contribution in [0.3, 0.4) is 0 Å². The van der Waals surface area contributed by atoms with E-state index in [1.54, 1.807) is 0 Å². The monoisotopic (exact) mass is 246 g/mol. The van der Waals surface area contributed by atoms with Crippen LogP contribution in [0.1, 0.15) is 50.5 Å². The molecule has 0 saturated heterocycles. The number of pyridine rings is 1. The van der Waals surface area contributed by atoms with Crippen molar-refractivity contribution >= 4 is 0 Å². The number of hydrogen-bond acceptors (Lipinski definition) is 2. The molecule has 1 saturated carbocycles. The van der Waals surface area contributed by atoms with Gasteiger partial charge < -0.3 is 5.32 Å². The molecule has 1 aromatic heterocycles. The third kappa shape index (κ3) is 2.92. The first kappa shape index (κ1) is 13.5. The minimum Gasteiger partial charge on any atom is -0.311 e. The van der Waals surface area contributed by atoms with Crippen molar-refractivity contribution in [2.24, 2.45) is 17.8 Å². The molecule has 1 aliphatic rings. The highest BCUT2D eigenvalue weighted by atomic mass is 14.9. The van der Waals surface area contributed by atoms with Crippen LogP contribution in [0.15, 0.2) is 18.2 Å². The van der Waals surface area contributed by atoms with Gasteiger partial charge in [0.15, 0.2) is 0 Å². The molecule has 18 heavy (non-hydrogen) atoms. The summed E-state index contributed by atoms with van der Waals surface area (Å²) in [6.45, 7) is 6.86. The molecule has 2 heteroatoms.